The van der Waals surface area contributed by atoms with Gasteiger partial charge in [-0.05, 0) is 61.8 Å². The maximum absolute atomic E-state index is 5.91. The number of rotatable bonds is 2. The molecular formula is C17H20N4. The second-order valence-corrected chi connectivity index (χ2v) is 6.05. The fourth-order valence-corrected chi connectivity index (χ4v) is 3.63. The summed E-state index contributed by atoms with van der Waals surface area (Å²) in [5.74, 6) is 1.03. The monoisotopic (exact) mass is 280 g/mol. The number of aryl methyl sites for hydroxylation is 2. The van der Waals surface area contributed by atoms with Crippen LogP contribution in [0.1, 0.15) is 47.7 Å². The fraction of sp³-hybridized carbons (Fsp3) is 0.412. The number of benzene rings is 1. The Balaban J connectivity index is 1.66. The third kappa shape index (κ3) is 2.24. The Kier molecular flexibility index (Phi) is 3.02. The van der Waals surface area contributed by atoms with Crippen molar-refractivity contribution in [1.82, 2.24) is 9.97 Å². The molecule has 1 atom stereocenters. The van der Waals surface area contributed by atoms with Crippen molar-refractivity contribution >= 4 is 11.5 Å². The zero-order valence-electron chi connectivity index (χ0n) is 12.1. The van der Waals surface area contributed by atoms with Gasteiger partial charge in [0.25, 0.3) is 0 Å². The standard InChI is InChI=1S/C17H20N4/c18-12-7-8-13-11(9-12)3-1-6-16(13)21-17-14-4-2-5-15(14)19-10-20-17/h7-10,16H,1-6,18H2,(H,19,20,21). The van der Waals surface area contributed by atoms with Gasteiger partial charge >= 0.3 is 0 Å². The smallest absolute Gasteiger partial charge is 0.133 e. The van der Waals surface area contributed by atoms with Crippen molar-refractivity contribution in [3.8, 4) is 0 Å². The van der Waals surface area contributed by atoms with Gasteiger partial charge in [-0.1, -0.05) is 6.07 Å². The van der Waals surface area contributed by atoms with Crippen LogP contribution in [0.25, 0.3) is 0 Å². The molecule has 0 saturated carbocycles. The molecule has 4 rings (SSSR count). The molecule has 0 saturated heterocycles. The van der Waals surface area contributed by atoms with Crippen molar-refractivity contribution < 1.29 is 0 Å². The lowest BCUT2D eigenvalue weighted by Gasteiger charge is -2.27. The van der Waals surface area contributed by atoms with Gasteiger partial charge in [-0.15, -0.1) is 0 Å². The van der Waals surface area contributed by atoms with E-state index in [2.05, 4.69) is 27.4 Å². The minimum atomic E-state index is 0.342. The Morgan fingerprint density at radius 2 is 2.05 bits per heavy atom. The molecule has 0 spiro atoms. The first-order valence-electron chi connectivity index (χ1n) is 7.79. The van der Waals surface area contributed by atoms with E-state index >= 15 is 0 Å². The molecule has 0 radical (unpaired) electrons. The predicted octanol–water partition coefficient (Wildman–Crippen LogP) is 3.04. The number of hydrogen-bond acceptors (Lipinski definition) is 4. The van der Waals surface area contributed by atoms with E-state index in [4.69, 9.17) is 5.73 Å². The van der Waals surface area contributed by atoms with E-state index < -0.39 is 0 Å². The lowest BCUT2D eigenvalue weighted by Crippen LogP contribution is -2.19. The average molecular weight is 280 g/mol. The number of nitrogen functional groups attached to an aromatic ring is 1. The van der Waals surface area contributed by atoms with Gasteiger partial charge in [-0.2, -0.15) is 0 Å². The van der Waals surface area contributed by atoms with Crippen LogP contribution >= 0.6 is 0 Å². The summed E-state index contributed by atoms with van der Waals surface area (Å²) < 4.78 is 0. The highest BCUT2D eigenvalue weighted by Gasteiger charge is 2.23. The summed E-state index contributed by atoms with van der Waals surface area (Å²) in [5.41, 5.74) is 12.1. The van der Waals surface area contributed by atoms with Gasteiger partial charge in [-0.3, -0.25) is 0 Å². The molecule has 2 aliphatic rings. The lowest BCUT2D eigenvalue weighted by molar-refractivity contribution is 0.598. The van der Waals surface area contributed by atoms with Crippen LogP contribution in [0.5, 0.6) is 0 Å². The minimum absolute atomic E-state index is 0.342. The Bertz CT molecular complexity index is 680. The third-order valence-corrected chi connectivity index (χ3v) is 4.67. The zero-order valence-corrected chi connectivity index (χ0v) is 12.1. The number of aromatic nitrogens is 2. The van der Waals surface area contributed by atoms with Gasteiger partial charge in [0.1, 0.15) is 12.1 Å². The molecule has 4 heteroatoms. The van der Waals surface area contributed by atoms with Crippen LogP contribution in [-0.2, 0) is 19.3 Å². The van der Waals surface area contributed by atoms with Gasteiger partial charge in [0.05, 0.1) is 6.04 Å². The van der Waals surface area contributed by atoms with E-state index in [1.54, 1.807) is 6.33 Å². The first-order chi connectivity index (χ1) is 10.3. The van der Waals surface area contributed by atoms with Gasteiger partial charge in [-0.25, -0.2) is 9.97 Å². The van der Waals surface area contributed by atoms with Crippen LogP contribution in [0, 0.1) is 0 Å². The number of nitrogens with two attached hydrogens (primary N) is 1. The normalized spacial score (nSPS) is 19.9. The molecule has 0 bridgehead atoms. The van der Waals surface area contributed by atoms with Gasteiger partial charge < -0.3 is 11.1 Å². The summed E-state index contributed by atoms with van der Waals surface area (Å²) in [7, 11) is 0. The fourth-order valence-electron chi connectivity index (χ4n) is 3.63. The number of nitrogens with zero attached hydrogens (tertiary/aromatic N) is 2. The second kappa shape index (κ2) is 5.02. The Hall–Kier alpha value is -2.10. The molecule has 4 nitrogen and oxygen atoms in total. The van der Waals surface area contributed by atoms with Crippen LogP contribution in [0.2, 0.25) is 0 Å². The van der Waals surface area contributed by atoms with Crippen molar-refractivity contribution in [2.75, 3.05) is 11.1 Å². The highest BCUT2D eigenvalue weighted by Crippen LogP contribution is 2.35. The first kappa shape index (κ1) is 12.6. The summed E-state index contributed by atoms with van der Waals surface area (Å²) in [6.07, 6.45) is 8.54. The molecule has 1 aromatic heterocycles. The van der Waals surface area contributed by atoms with Crippen LogP contribution in [0.15, 0.2) is 24.5 Å². The largest absolute Gasteiger partial charge is 0.399 e. The molecule has 1 unspecified atom stereocenters. The minimum Gasteiger partial charge on any atom is -0.399 e. The van der Waals surface area contributed by atoms with E-state index in [1.807, 2.05) is 6.07 Å². The van der Waals surface area contributed by atoms with Crippen molar-refractivity contribution in [1.29, 1.82) is 0 Å². The highest BCUT2D eigenvalue weighted by molar-refractivity contribution is 5.53. The van der Waals surface area contributed by atoms with Crippen LogP contribution < -0.4 is 11.1 Å². The highest BCUT2D eigenvalue weighted by atomic mass is 15.0. The molecule has 2 aromatic rings. The van der Waals surface area contributed by atoms with E-state index in [1.165, 1.54) is 35.2 Å². The molecule has 108 valence electrons. The molecule has 0 amide bonds. The SMILES string of the molecule is Nc1ccc2c(c1)CCCC2Nc1ncnc2c1CCC2. The second-order valence-electron chi connectivity index (χ2n) is 6.05. The predicted molar refractivity (Wildman–Crippen MR) is 84.2 cm³/mol. The van der Waals surface area contributed by atoms with Crippen LogP contribution in [-0.4, -0.2) is 9.97 Å². The Morgan fingerprint density at radius 3 is 3.00 bits per heavy atom. The summed E-state index contributed by atoms with van der Waals surface area (Å²) >= 11 is 0. The summed E-state index contributed by atoms with van der Waals surface area (Å²) in [4.78, 5) is 8.89. The molecule has 1 aromatic carbocycles. The van der Waals surface area contributed by atoms with Crippen molar-refractivity contribution in [2.24, 2.45) is 0 Å². The summed E-state index contributed by atoms with van der Waals surface area (Å²) in [6.45, 7) is 0. The maximum Gasteiger partial charge on any atom is 0.133 e. The van der Waals surface area contributed by atoms with E-state index in [9.17, 15) is 0 Å². The van der Waals surface area contributed by atoms with Gasteiger partial charge in [0.15, 0.2) is 0 Å². The van der Waals surface area contributed by atoms with Gasteiger partial charge in [0, 0.05) is 16.9 Å². The molecule has 0 aliphatic heterocycles. The molecule has 0 fully saturated rings. The van der Waals surface area contributed by atoms with Gasteiger partial charge in [0.2, 0.25) is 0 Å². The average Bonchev–Trinajstić information content (AvgIpc) is 2.97. The van der Waals surface area contributed by atoms with Crippen molar-refractivity contribution in [3.05, 3.63) is 46.9 Å². The number of nitrogens with one attached hydrogen (secondary N) is 1. The lowest BCUT2D eigenvalue weighted by atomic mass is 9.87. The Labute approximate surface area is 124 Å². The molecular weight excluding hydrogens is 260 g/mol. The third-order valence-electron chi connectivity index (χ3n) is 4.67. The summed E-state index contributed by atoms with van der Waals surface area (Å²) in [5, 5.41) is 3.66. The quantitative estimate of drug-likeness (QED) is 0.830. The molecule has 1 heterocycles. The van der Waals surface area contributed by atoms with Crippen molar-refractivity contribution in [3.63, 3.8) is 0 Å². The number of hydrogen-bond donors (Lipinski definition) is 2. The number of anilines is 2. The molecule has 2 aliphatic carbocycles. The summed E-state index contributed by atoms with van der Waals surface area (Å²) in [6, 6.07) is 6.63. The zero-order chi connectivity index (χ0) is 14.2. The van der Waals surface area contributed by atoms with E-state index in [0.29, 0.717) is 6.04 Å². The maximum atomic E-state index is 5.91. The first-order valence-corrected chi connectivity index (χ1v) is 7.79. The van der Waals surface area contributed by atoms with E-state index in [0.717, 1.165) is 37.2 Å². The van der Waals surface area contributed by atoms with Crippen molar-refractivity contribution in [2.45, 2.75) is 44.6 Å². The number of fused-ring (bicyclic) bond motifs is 2. The Morgan fingerprint density at radius 1 is 1.10 bits per heavy atom. The van der Waals surface area contributed by atoms with Crippen LogP contribution in [0.3, 0.4) is 0 Å². The van der Waals surface area contributed by atoms with Crippen LogP contribution in [0.4, 0.5) is 11.5 Å². The topological polar surface area (TPSA) is 63.8 Å². The van der Waals surface area contributed by atoms with E-state index in [-0.39, 0.29) is 0 Å². The molecule has 21 heavy (non-hydrogen) atoms. The molecule has 3 N–H and O–H groups in total.